The smallest absolute Gasteiger partial charge is 0.230 e. The normalized spacial score (nSPS) is 17.0. The van der Waals surface area contributed by atoms with Crippen LogP contribution < -0.4 is 4.90 Å². The van der Waals surface area contributed by atoms with Gasteiger partial charge in [0.25, 0.3) is 0 Å². The third-order valence-electron chi connectivity index (χ3n) is 7.59. The first-order valence-corrected chi connectivity index (χ1v) is 14.7. The maximum Gasteiger partial charge on any atom is 0.230 e. The van der Waals surface area contributed by atoms with Gasteiger partial charge < -0.3 is 14.3 Å². The monoisotopic (exact) mass is 563 g/mol. The van der Waals surface area contributed by atoms with Crippen LogP contribution in [0.2, 0.25) is 5.02 Å². The van der Waals surface area contributed by atoms with Crippen LogP contribution in [0.1, 0.15) is 68.3 Å². The topological polar surface area (TPSA) is 82.8 Å². The summed E-state index contributed by atoms with van der Waals surface area (Å²) in [4.78, 5) is 37.7. The van der Waals surface area contributed by atoms with Gasteiger partial charge in [0.05, 0.1) is 5.69 Å². The van der Waals surface area contributed by atoms with Gasteiger partial charge in [-0.15, -0.1) is 0 Å². The summed E-state index contributed by atoms with van der Waals surface area (Å²) in [6.45, 7) is 7.97. The molecule has 3 aromatic rings. The Morgan fingerprint density at radius 2 is 1.85 bits per heavy atom. The van der Waals surface area contributed by atoms with Crippen molar-refractivity contribution in [2.45, 2.75) is 65.0 Å². The van der Waals surface area contributed by atoms with E-state index < -0.39 is 0 Å². The highest BCUT2D eigenvalue weighted by Crippen LogP contribution is 2.35. The number of anilines is 1. The molecule has 2 aromatic carbocycles. The Morgan fingerprint density at radius 3 is 2.58 bits per heavy atom. The lowest BCUT2D eigenvalue weighted by molar-refractivity contribution is -0.132. The third-order valence-corrected chi connectivity index (χ3v) is 7.82. The Balaban J connectivity index is 1.40. The van der Waals surface area contributed by atoms with Crippen molar-refractivity contribution in [1.29, 1.82) is 0 Å². The number of fused-ring (bicyclic) bond motifs is 1. The number of nitrogens with zero attached hydrogens (tertiary/aromatic N) is 5. The first kappa shape index (κ1) is 28.3. The number of amides is 2. The van der Waals surface area contributed by atoms with E-state index in [2.05, 4.69) is 39.3 Å². The van der Waals surface area contributed by atoms with Crippen molar-refractivity contribution in [2.24, 2.45) is 5.92 Å². The summed E-state index contributed by atoms with van der Waals surface area (Å²) >= 11 is 6.45. The third kappa shape index (κ3) is 7.29. The molecule has 0 saturated heterocycles. The zero-order chi connectivity index (χ0) is 28.1. The number of benzene rings is 2. The van der Waals surface area contributed by atoms with Crippen LogP contribution in [0.3, 0.4) is 0 Å². The first-order valence-electron chi connectivity index (χ1n) is 14.3. The Morgan fingerprint density at radius 1 is 1.05 bits per heavy atom. The summed E-state index contributed by atoms with van der Waals surface area (Å²) in [6, 6.07) is 16.1. The van der Waals surface area contributed by atoms with E-state index in [1.54, 1.807) is 0 Å². The van der Waals surface area contributed by atoms with E-state index in [4.69, 9.17) is 16.1 Å². The van der Waals surface area contributed by atoms with Crippen molar-refractivity contribution in [1.82, 2.24) is 19.9 Å². The van der Waals surface area contributed by atoms with Crippen LogP contribution in [-0.4, -0.2) is 57.9 Å². The number of hydrogen-bond acceptors (Lipinski definition) is 6. The van der Waals surface area contributed by atoms with Gasteiger partial charge in [0.2, 0.25) is 17.7 Å². The molecule has 5 rings (SSSR count). The number of hydrogen-bond donors (Lipinski definition) is 0. The summed E-state index contributed by atoms with van der Waals surface area (Å²) in [7, 11) is 0. The molecule has 0 radical (unpaired) electrons. The second-order valence-electron chi connectivity index (χ2n) is 11.2. The fourth-order valence-electron chi connectivity index (χ4n) is 5.12. The van der Waals surface area contributed by atoms with E-state index in [1.165, 1.54) is 5.56 Å². The SMILES string of the molecule is CC(C)c1noc(CCC(=O)N2CCN(Cc3ccccc3)CCCN(C(=O)C3CC3)c3cc(Cl)ccc3C2)n1. The maximum atomic E-state index is 13.6. The summed E-state index contributed by atoms with van der Waals surface area (Å²) in [5.41, 5.74) is 2.98. The molecular weight excluding hydrogens is 526 g/mol. The molecule has 1 aromatic heterocycles. The van der Waals surface area contributed by atoms with Gasteiger partial charge >= 0.3 is 0 Å². The molecule has 9 heteroatoms. The molecule has 0 atom stereocenters. The van der Waals surface area contributed by atoms with Gasteiger partial charge in [0, 0.05) is 69.0 Å². The van der Waals surface area contributed by atoms with E-state index in [0.29, 0.717) is 42.8 Å². The van der Waals surface area contributed by atoms with Gasteiger partial charge in [0.15, 0.2) is 5.82 Å². The van der Waals surface area contributed by atoms with Crippen molar-refractivity contribution in [3.05, 3.63) is 76.4 Å². The van der Waals surface area contributed by atoms with Crippen molar-refractivity contribution in [3.8, 4) is 0 Å². The average Bonchev–Trinajstić information content (AvgIpc) is 3.69. The molecule has 0 spiro atoms. The number of aromatic nitrogens is 2. The van der Waals surface area contributed by atoms with E-state index in [-0.39, 0.29) is 30.1 Å². The molecule has 1 aliphatic heterocycles. The zero-order valence-electron chi connectivity index (χ0n) is 23.4. The molecular formula is C31H38ClN5O3. The molecule has 8 nitrogen and oxygen atoms in total. The van der Waals surface area contributed by atoms with Crippen molar-refractivity contribution in [2.75, 3.05) is 31.1 Å². The number of halogens is 1. The van der Waals surface area contributed by atoms with Gasteiger partial charge in [-0.25, -0.2) is 0 Å². The predicted octanol–water partition coefficient (Wildman–Crippen LogP) is 5.46. The molecule has 2 amide bonds. The highest BCUT2D eigenvalue weighted by molar-refractivity contribution is 6.31. The van der Waals surface area contributed by atoms with E-state index in [9.17, 15) is 9.59 Å². The van der Waals surface area contributed by atoms with Crippen LogP contribution >= 0.6 is 11.6 Å². The second-order valence-corrected chi connectivity index (χ2v) is 11.6. The second kappa shape index (κ2) is 13.0. The highest BCUT2D eigenvalue weighted by Gasteiger charge is 2.35. The largest absolute Gasteiger partial charge is 0.339 e. The molecule has 2 heterocycles. The van der Waals surface area contributed by atoms with Gasteiger partial charge in [-0.2, -0.15) is 4.98 Å². The van der Waals surface area contributed by atoms with E-state index in [0.717, 1.165) is 50.1 Å². The standard InChI is InChI=1S/C31H38ClN5O3/c1-22(2)30-33-28(40-34-30)13-14-29(38)36-18-17-35(20-23-7-4-3-5-8-23)15-6-16-37(31(39)24-9-10-24)27-19-26(32)12-11-25(27)21-36/h3-5,7-8,11-12,19,22,24H,6,9-10,13-18,20-21H2,1-2H3. The van der Waals surface area contributed by atoms with E-state index >= 15 is 0 Å². The predicted molar refractivity (Wildman–Crippen MR) is 155 cm³/mol. The minimum atomic E-state index is 0.0178. The van der Waals surface area contributed by atoms with E-state index in [1.807, 2.05) is 47.9 Å². The minimum Gasteiger partial charge on any atom is -0.339 e. The fourth-order valence-corrected chi connectivity index (χ4v) is 5.29. The number of carbonyl (C=O) groups excluding carboxylic acids is 2. The summed E-state index contributed by atoms with van der Waals surface area (Å²) in [6.07, 6.45) is 3.36. The molecule has 0 bridgehead atoms. The average molecular weight is 564 g/mol. The van der Waals surface area contributed by atoms with Crippen LogP contribution in [0.15, 0.2) is 53.1 Å². The van der Waals surface area contributed by atoms with Crippen LogP contribution in [-0.2, 0) is 29.1 Å². The molecule has 40 heavy (non-hydrogen) atoms. The highest BCUT2D eigenvalue weighted by atomic mass is 35.5. The lowest BCUT2D eigenvalue weighted by Gasteiger charge is -2.28. The zero-order valence-corrected chi connectivity index (χ0v) is 24.1. The molecule has 0 unspecified atom stereocenters. The van der Waals surface area contributed by atoms with Crippen LogP contribution in [0.4, 0.5) is 5.69 Å². The van der Waals surface area contributed by atoms with Crippen LogP contribution in [0, 0.1) is 5.92 Å². The van der Waals surface area contributed by atoms with Crippen molar-refractivity contribution >= 4 is 29.1 Å². The molecule has 2 aliphatic rings. The van der Waals surface area contributed by atoms with Gasteiger partial charge in [-0.1, -0.05) is 67.0 Å². The van der Waals surface area contributed by atoms with Gasteiger partial charge in [-0.05, 0) is 42.5 Å². The molecule has 1 aliphatic carbocycles. The van der Waals surface area contributed by atoms with Crippen molar-refractivity contribution < 1.29 is 14.1 Å². The first-order chi connectivity index (χ1) is 19.4. The van der Waals surface area contributed by atoms with Gasteiger partial charge in [-0.3, -0.25) is 14.5 Å². The lowest BCUT2D eigenvalue weighted by atomic mass is 10.1. The summed E-state index contributed by atoms with van der Waals surface area (Å²) in [5.74, 6) is 1.56. The Kier molecular flexibility index (Phi) is 9.17. The molecule has 1 fully saturated rings. The van der Waals surface area contributed by atoms with Gasteiger partial charge in [0.1, 0.15) is 0 Å². The Hall–Kier alpha value is -3.23. The lowest BCUT2D eigenvalue weighted by Crippen LogP contribution is -2.38. The summed E-state index contributed by atoms with van der Waals surface area (Å²) < 4.78 is 5.38. The van der Waals surface area contributed by atoms with Crippen LogP contribution in [0.25, 0.3) is 0 Å². The molecule has 212 valence electrons. The summed E-state index contributed by atoms with van der Waals surface area (Å²) in [5, 5.41) is 4.62. The number of aryl methyl sites for hydroxylation is 1. The quantitative estimate of drug-likeness (QED) is 0.380. The van der Waals surface area contributed by atoms with Crippen molar-refractivity contribution in [3.63, 3.8) is 0 Å². The van der Waals surface area contributed by atoms with Crippen LogP contribution in [0.5, 0.6) is 0 Å². The number of carbonyl (C=O) groups is 2. The number of rotatable bonds is 7. The molecule has 0 N–H and O–H groups in total. The Labute approximate surface area is 241 Å². The molecule has 1 saturated carbocycles. The Bertz CT molecular complexity index is 1310. The fraction of sp³-hybridized carbons (Fsp3) is 0.484. The minimum absolute atomic E-state index is 0.0178. The maximum absolute atomic E-state index is 13.6.